The number of hydrogen-bond donors (Lipinski definition) is 0. The second-order valence-electron chi connectivity index (χ2n) is 4.65. The molecule has 0 aromatic heterocycles. The number of ether oxygens (including phenoxy) is 1. The molecule has 0 bridgehead atoms. The predicted octanol–water partition coefficient (Wildman–Crippen LogP) is 4.43. The summed E-state index contributed by atoms with van der Waals surface area (Å²) in [7, 11) is 0. The molecule has 0 amide bonds. The van der Waals surface area contributed by atoms with E-state index in [1.165, 1.54) is 18.2 Å². The molecule has 0 heterocycles. The Kier molecular flexibility index (Phi) is 5.73. The van der Waals surface area contributed by atoms with Crippen LogP contribution in [0.25, 0.3) is 11.6 Å². The van der Waals surface area contributed by atoms with Crippen molar-refractivity contribution in [2.45, 2.75) is 0 Å². The van der Waals surface area contributed by atoms with E-state index in [4.69, 9.17) is 11.2 Å². The van der Waals surface area contributed by atoms with Crippen molar-refractivity contribution in [3.63, 3.8) is 0 Å². The zero-order valence-electron chi connectivity index (χ0n) is 12.4. The van der Waals surface area contributed by atoms with Crippen LogP contribution in [0.2, 0.25) is 0 Å². The lowest BCUT2D eigenvalue weighted by Gasteiger charge is -2.07. The van der Waals surface area contributed by atoms with Crippen LogP contribution in [0.1, 0.15) is 11.1 Å². The summed E-state index contributed by atoms with van der Waals surface area (Å²) in [4.78, 5) is 10.5. The van der Waals surface area contributed by atoms with Crippen molar-refractivity contribution < 1.29 is 9.66 Å². The van der Waals surface area contributed by atoms with Crippen molar-refractivity contribution in [3.05, 3.63) is 68.2 Å². The van der Waals surface area contributed by atoms with E-state index in [2.05, 4.69) is 27.9 Å². The third kappa shape index (κ3) is 4.22. The summed E-state index contributed by atoms with van der Waals surface area (Å²) in [5.41, 5.74) is 1.37. The van der Waals surface area contributed by atoms with Gasteiger partial charge in [-0.3, -0.25) is 10.1 Å². The van der Waals surface area contributed by atoms with Crippen LogP contribution in [0.4, 0.5) is 5.69 Å². The molecule has 0 saturated carbocycles. The minimum Gasteiger partial charge on any atom is -0.480 e. The van der Waals surface area contributed by atoms with Crippen LogP contribution in [-0.2, 0) is 0 Å². The summed E-state index contributed by atoms with van der Waals surface area (Å²) in [6, 6.07) is 13.4. The largest absolute Gasteiger partial charge is 0.480 e. The van der Waals surface area contributed by atoms with Gasteiger partial charge in [-0.2, -0.15) is 5.26 Å². The summed E-state index contributed by atoms with van der Waals surface area (Å²) in [6.45, 7) is 0.0266. The Morgan fingerprint density at radius 1 is 1.33 bits per heavy atom. The molecule has 24 heavy (non-hydrogen) atoms. The van der Waals surface area contributed by atoms with Crippen LogP contribution in [-0.4, -0.2) is 11.5 Å². The normalized spacial score (nSPS) is 10.5. The maximum atomic E-state index is 11.0. The molecular formula is C18H11BrN2O3. The first-order valence-corrected chi connectivity index (χ1v) is 7.57. The minimum absolute atomic E-state index is 0.0266. The first-order valence-electron chi connectivity index (χ1n) is 6.77. The van der Waals surface area contributed by atoms with Crippen molar-refractivity contribution >= 4 is 33.3 Å². The zero-order chi connectivity index (χ0) is 17.5. The quantitative estimate of drug-likeness (QED) is 0.252. The minimum atomic E-state index is -0.506. The summed E-state index contributed by atoms with van der Waals surface area (Å²) in [5, 5.41) is 20.4. The Bertz CT molecular complexity index is 875. The van der Waals surface area contributed by atoms with Gasteiger partial charge in [0.15, 0.2) is 0 Å². The molecule has 2 aromatic carbocycles. The lowest BCUT2D eigenvalue weighted by molar-refractivity contribution is -0.384. The van der Waals surface area contributed by atoms with E-state index in [-0.39, 0.29) is 12.3 Å². The van der Waals surface area contributed by atoms with E-state index < -0.39 is 4.92 Å². The molecule has 0 radical (unpaired) electrons. The summed E-state index contributed by atoms with van der Waals surface area (Å²) >= 11 is 3.33. The van der Waals surface area contributed by atoms with Crippen molar-refractivity contribution in [2.75, 3.05) is 6.61 Å². The predicted molar refractivity (Wildman–Crippen MR) is 95.1 cm³/mol. The number of nitro groups is 1. The average Bonchev–Trinajstić information content (AvgIpc) is 2.59. The van der Waals surface area contributed by atoms with Gasteiger partial charge < -0.3 is 4.74 Å². The van der Waals surface area contributed by atoms with E-state index >= 15 is 0 Å². The summed E-state index contributed by atoms with van der Waals surface area (Å²) < 4.78 is 6.29. The summed E-state index contributed by atoms with van der Waals surface area (Å²) in [5.74, 6) is 2.72. The van der Waals surface area contributed by atoms with E-state index in [0.29, 0.717) is 22.4 Å². The monoisotopic (exact) mass is 382 g/mol. The number of terminal acetylenes is 1. The Hall–Kier alpha value is -3.09. The third-order valence-electron chi connectivity index (χ3n) is 3.09. The second-order valence-corrected chi connectivity index (χ2v) is 5.56. The van der Waals surface area contributed by atoms with Crippen LogP contribution in [0.5, 0.6) is 5.75 Å². The highest BCUT2D eigenvalue weighted by Gasteiger charge is 2.12. The fraction of sp³-hybridized carbons (Fsp3) is 0.0556. The van der Waals surface area contributed by atoms with Crippen molar-refractivity contribution in [3.8, 4) is 24.2 Å². The molecule has 118 valence electrons. The molecule has 0 atom stereocenters. The number of hydrogen-bond acceptors (Lipinski definition) is 4. The molecule has 6 heteroatoms. The lowest BCUT2D eigenvalue weighted by Crippen LogP contribution is -1.97. The maximum absolute atomic E-state index is 11.0. The van der Waals surface area contributed by atoms with Gasteiger partial charge in [-0.1, -0.05) is 34.0 Å². The van der Waals surface area contributed by atoms with Gasteiger partial charge in [0.1, 0.15) is 12.4 Å². The number of rotatable bonds is 5. The molecule has 0 saturated heterocycles. The van der Waals surface area contributed by atoms with Crippen molar-refractivity contribution in [1.29, 1.82) is 5.26 Å². The number of nitriles is 1. The Balaban J connectivity index is 2.52. The summed E-state index contributed by atoms with van der Waals surface area (Å²) in [6.07, 6.45) is 6.73. The third-order valence-corrected chi connectivity index (χ3v) is 3.62. The molecule has 0 aliphatic carbocycles. The fourth-order valence-electron chi connectivity index (χ4n) is 1.98. The van der Waals surface area contributed by atoms with Gasteiger partial charge in [0.2, 0.25) is 0 Å². The highest BCUT2D eigenvalue weighted by molar-refractivity contribution is 9.10. The Labute approximate surface area is 147 Å². The number of nitrogens with zero attached hydrogens (tertiary/aromatic N) is 2. The standard InChI is InChI=1S/C18H11BrN2O3/c1-2-9-24-18-8-7-17(21(22)23)11-14(18)10-15(12-20)13-3-5-16(19)6-4-13/h1,3-8,10-11H,9H2. The van der Waals surface area contributed by atoms with Crippen molar-refractivity contribution in [1.82, 2.24) is 0 Å². The van der Waals surface area contributed by atoms with Gasteiger partial charge in [-0.15, -0.1) is 6.42 Å². The molecule has 0 spiro atoms. The highest BCUT2D eigenvalue weighted by atomic mass is 79.9. The zero-order valence-corrected chi connectivity index (χ0v) is 14.0. The number of benzene rings is 2. The van der Waals surface area contributed by atoms with Gasteiger partial charge >= 0.3 is 0 Å². The van der Waals surface area contributed by atoms with Gasteiger partial charge in [0.25, 0.3) is 5.69 Å². The molecule has 5 nitrogen and oxygen atoms in total. The van der Waals surface area contributed by atoms with Gasteiger partial charge in [0.05, 0.1) is 16.6 Å². The number of nitro benzene ring substituents is 1. The maximum Gasteiger partial charge on any atom is 0.270 e. The second kappa shape index (κ2) is 7.96. The van der Waals surface area contributed by atoms with Crippen LogP contribution in [0.3, 0.4) is 0 Å². The number of non-ortho nitro benzene ring substituents is 1. The number of allylic oxidation sites excluding steroid dienone is 1. The van der Waals surface area contributed by atoms with Gasteiger partial charge in [-0.25, -0.2) is 0 Å². The lowest BCUT2D eigenvalue weighted by atomic mass is 10.0. The average molecular weight is 383 g/mol. The highest BCUT2D eigenvalue weighted by Crippen LogP contribution is 2.29. The van der Waals surface area contributed by atoms with E-state index in [9.17, 15) is 15.4 Å². The molecule has 2 rings (SSSR count). The Morgan fingerprint density at radius 2 is 2.04 bits per heavy atom. The van der Waals surface area contributed by atoms with Crippen LogP contribution in [0.15, 0.2) is 46.9 Å². The van der Waals surface area contributed by atoms with E-state index in [1.54, 1.807) is 18.2 Å². The molecule has 0 N–H and O–H groups in total. The van der Waals surface area contributed by atoms with E-state index in [1.807, 2.05) is 12.1 Å². The topological polar surface area (TPSA) is 76.2 Å². The molecular weight excluding hydrogens is 372 g/mol. The molecule has 0 unspecified atom stereocenters. The Morgan fingerprint density at radius 3 is 2.62 bits per heavy atom. The van der Waals surface area contributed by atoms with Crippen molar-refractivity contribution in [2.24, 2.45) is 0 Å². The van der Waals surface area contributed by atoms with Crippen LogP contribution < -0.4 is 4.74 Å². The molecule has 2 aromatic rings. The molecule has 0 aliphatic rings. The first kappa shape index (κ1) is 17.3. The van der Waals surface area contributed by atoms with Gasteiger partial charge in [-0.05, 0) is 29.8 Å². The van der Waals surface area contributed by atoms with Gasteiger partial charge in [0, 0.05) is 22.2 Å². The van der Waals surface area contributed by atoms with Crippen LogP contribution >= 0.6 is 15.9 Å². The molecule has 0 aliphatic heterocycles. The van der Waals surface area contributed by atoms with E-state index in [0.717, 1.165) is 4.47 Å². The fourth-order valence-corrected chi connectivity index (χ4v) is 2.24. The SMILES string of the molecule is C#CCOc1ccc([N+](=O)[O-])cc1C=C(C#N)c1ccc(Br)cc1. The first-order chi connectivity index (χ1) is 11.5. The number of halogens is 1. The smallest absolute Gasteiger partial charge is 0.270 e. The van der Waals surface area contributed by atoms with Crippen LogP contribution in [0, 0.1) is 33.8 Å². The molecule has 0 fully saturated rings.